The number of carbonyl (C=O) groups is 2. The number of hydrogen-bond acceptors (Lipinski definition) is 5. The summed E-state index contributed by atoms with van der Waals surface area (Å²) in [7, 11) is 0. The summed E-state index contributed by atoms with van der Waals surface area (Å²) < 4.78 is 0.907. The number of hydrazine groups is 1. The molecule has 0 fully saturated rings. The Balaban J connectivity index is 2.94. The van der Waals surface area contributed by atoms with Gasteiger partial charge < -0.3 is 0 Å². The lowest BCUT2D eigenvalue weighted by molar-refractivity contribution is -0.385. The molecule has 0 bridgehead atoms. The fourth-order valence-electron chi connectivity index (χ4n) is 1.33. The molecule has 1 heterocycles. The zero-order chi connectivity index (χ0) is 14.6. The molecule has 0 aliphatic heterocycles. The standard InChI is InChI=1S/C10H12N4O5/c1-6-3-8(14(18)19)4-13(10(6)17)5-9(16)12-11-7(2)15/h3-4H,5H2,1-2H3,(H,11,15)(H,12,16). The Labute approximate surface area is 107 Å². The van der Waals surface area contributed by atoms with Gasteiger partial charge in [0.1, 0.15) is 6.54 Å². The van der Waals surface area contributed by atoms with E-state index in [4.69, 9.17) is 0 Å². The van der Waals surface area contributed by atoms with Crippen LogP contribution in [-0.4, -0.2) is 21.3 Å². The zero-order valence-electron chi connectivity index (χ0n) is 10.3. The molecule has 0 unspecified atom stereocenters. The van der Waals surface area contributed by atoms with Gasteiger partial charge in [0.25, 0.3) is 17.2 Å². The van der Waals surface area contributed by atoms with Crippen molar-refractivity contribution in [3.63, 3.8) is 0 Å². The van der Waals surface area contributed by atoms with Gasteiger partial charge in [-0.3, -0.25) is 39.9 Å². The molecule has 0 aliphatic rings. The van der Waals surface area contributed by atoms with Crippen molar-refractivity contribution in [2.24, 2.45) is 0 Å². The predicted octanol–water partition coefficient (Wildman–Crippen LogP) is -0.768. The maximum atomic E-state index is 11.7. The highest BCUT2D eigenvalue weighted by atomic mass is 16.6. The van der Waals surface area contributed by atoms with Crippen molar-refractivity contribution in [1.29, 1.82) is 0 Å². The van der Waals surface area contributed by atoms with Gasteiger partial charge in [-0.05, 0) is 6.92 Å². The fourth-order valence-corrected chi connectivity index (χ4v) is 1.33. The van der Waals surface area contributed by atoms with E-state index in [1.807, 2.05) is 5.43 Å². The Morgan fingerprint density at radius 2 is 2.05 bits per heavy atom. The summed E-state index contributed by atoms with van der Waals surface area (Å²) in [4.78, 5) is 43.7. The smallest absolute Gasteiger partial charge is 0.286 e. The molecule has 102 valence electrons. The number of nitro groups is 1. The molecule has 0 spiro atoms. The van der Waals surface area contributed by atoms with Crippen LogP contribution in [0.5, 0.6) is 0 Å². The van der Waals surface area contributed by atoms with E-state index in [9.17, 15) is 24.5 Å². The average molecular weight is 268 g/mol. The van der Waals surface area contributed by atoms with Crippen molar-refractivity contribution in [3.05, 3.63) is 38.3 Å². The maximum Gasteiger partial charge on any atom is 0.286 e. The van der Waals surface area contributed by atoms with Crippen LogP contribution in [0, 0.1) is 17.0 Å². The van der Waals surface area contributed by atoms with Crippen molar-refractivity contribution in [2.45, 2.75) is 20.4 Å². The third-order valence-corrected chi connectivity index (χ3v) is 2.15. The molecule has 0 saturated heterocycles. The van der Waals surface area contributed by atoms with E-state index in [0.29, 0.717) is 0 Å². The number of rotatable bonds is 3. The van der Waals surface area contributed by atoms with Gasteiger partial charge >= 0.3 is 0 Å². The molecule has 9 heteroatoms. The lowest BCUT2D eigenvalue weighted by Gasteiger charge is -2.08. The van der Waals surface area contributed by atoms with Crippen LogP contribution in [0.25, 0.3) is 0 Å². The first-order valence-electron chi connectivity index (χ1n) is 5.22. The highest BCUT2D eigenvalue weighted by molar-refractivity contribution is 5.80. The van der Waals surface area contributed by atoms with Crippen LogP contribution in [0.15, 0.2) is 17.1 Å². The first-order chi connectivity index (χ1) is 8.81. The monoisotopic (exact) mass is 268 g/mol. The molecule has 1 rings (SSSR count). The minimum absolute atomic E-state index is 0.154. The molecule has 2 amide bonds. The molecule has 0 aliphatic carbocycles. The van der Waals surface area contributed by atoms with Crippen LogP contribution in [0.1, 0.15) is 12.5 Å². The quantitative estimate of drug-likeness (QED) is 0.550. The third kappa shape index (κ3) is 3.91. The van der Waals surface area contributed by atoms with E-state index in [1.165, 1.54) is 13.8 Å². The number of amides is 2. The van der Waals surface area contributed by atoms with Gasteiger partial charge in [0, 0.05) is 18.6 Å². The van der Waals surface area contributed by atoms with E-state index in [0.717, 1.165) is 16.8 Å². The Morgan fingerprint density at radius 3 is 2.58 bits per heavy atom. The molecule has 1 aromatic heterocycles. The van der Waals surface area contributed by atoms with Crippen LogP contribution in [0.2, 0.25) is 0 Å². The van der Waals surface area contributed by atoms with Gasteiger partial charge in [0.05, 0.1) is 11.1 Å². The number of aromatic nitrogens is 1. The number of pyridine rings is 1. The second kappa shape index (κ2) is 5.76. The van der Waals surface area contributed by atoms with Crippen molar-refractivity contribution in [1.82, 2.24) is 15.4 Å². The Kier molecular flexibility index (Phi) is 4.35. The minimum Gasteiger partial charge on any atom is -0.299 e. The molecule has 19 heavy (non-hydrogen) atoms. The Bertz CT molecular complexity index is 592. The Morgan fingerprint density at radius 1 is 1.42 bits per heavy atom. The number of carbonyl (C=O) groups excluding carboxylic acids is 2. The van der Waals surface area contributed by atoms with Crippen molar-refractivity contribution < 1.29 is 14.5 Å². The first kappa shape index (κ1) is 14.4. The van der Waals surface area contributed by atoms with E-state index >= 15 is 0 Å². The molecule has 9 nitrogen and oxygen atoms in total. The van der Waals surface area contributed by atoms with Gasteiger partial charge in [0.2, 0.25) is 5.91 Å². The van der Waals surface area contributed by atoms with Gasteiger partial charge in [-0.2, -0.15) is 0 Å². The van der Waals surface area contributed by atoms with Crippen LogP contribution < -0.4 is 16.4 Å². The van der Waals surface area contributed by atoms with Gasteiger partial charge in [-0.25, -0.2) is 0 Å². The second-order valence-electron chi connectivity index (χ2n) is 3.80. The molecule has 0 radical (unpaired) electrons. The summed E-state index contributed by atoms with van der Waals surface area (Å²) in [5.74, 6) is -1.15. The van der Waals surface area contributed by atoms with Crippen molar-refractivity contribution in [2.75, 3.05) is 0 Å². The van der Waals surface area contributed by atoms with E-state index < -0.39 is 28.8 Å². The molecule has 0 atom stereocenters. The number of nitrogens with zero attached hydrogens (tertiary/aromatic N) is 2. The van der Waals surface area contributed by atoms with Crippen LogP contribution in [-0.2, 0) is 16.1 Å². The van der Waals surface area contributed by atoms with E-state index in [-0.39, 0.29) is 11.3 Å². The molecular weight excluding hydrogens is 256 g/mol. The van der Waals surface area contributed by atoms with Crippen LogP contribution in [0.3, 0.4) is 0 Å². The summed E-state index contributed by atoms with van der Waals surface area (Å²) >= 11 is 0. The largest absolute Gasteiger partial charge is 0.299 e. The van der Waals surface area contributed by atoms with Gasteiger partial charge in [-0.15, -0.1) is 0 Å². The normalized spacial score (nSPS) is 9.79. The highest BCUT2D eigenvalue weighted by Gasteiger charge is 2.13. The highest BCUT2D eigenvalue weighted by Crippen LogP contribution is 2.09. The Hall–Kier alpha value is -2.71. The third-order valence-electron chi connectivity index (χ3n) is 2.15. The molecule has 2 N–H and O–H groups in total. The SMILES string of the molecule is CC(=O)NNC(=O)Cn1cc([N+](=O)[O-])cc(C)c1=O. The lowest BCUT2D eigenvalue weighted by atomic mass is 10.3. The summed E-state index contributed by atoms with van der Waals surface area (Å²) in [6.07, 6.45) is 0.975. The van der Waals surface area contributed by atoms with Gasteiger partial charge in [-0.1, -0.05) is 0 Å². The summed E-state index contributed by atoms with van der Waals surface area (Å²) in [6, 6.07) is 1.13. The van der Waals surface area contributed by atoms with Gasteiger partial charge in [0.15, 0.2) is 0 Å². The summed E-state index contributed by atoms with van der Waals surface area (Å²) in [5.41, 5.74) is 3.46. The predicted molar refractivity (Wildman–Crippen MR) is 64.1 cm³/mol. The van der Waals surface area contributed by atoms with Crippen LogP contribution >= 0.6 is 0 Å². The minimum atomic E-state index is -0.669. The summed E-state index contributed by atoms with van der Waals surface area (Å²) in [6.45, 7) is 2.18. The summed E-state index contributed by atoms with van der Waals surface area (Å²) in [5, 5.41) is 10.7. The number of aryl methyl sites for hydroxylation is 1. The molecule has 1 aromatic rings. The lowest BCUT2D eigenvalue weighted by Crippen LogP contribution is -2.43. The topological polar surface area (TPSA) is 123 Å². The van der Waals surface area contributed by atoms with Crippen molar-refractivity contribution in [3.8, 4) is 0 Å². The number of hydrogen-bond donors (Lipinski definition) is 2. The van der Waals surface area contributed by atoms with E-state index in [1.54, 1.807) is 0 Å². The average Bonchev–Trinajstić information content (AvgIpc) is 2.31. The molecular formula is C10H12N4O5. The fraction of sp³-hybridized carbons (Fsp3) is 0.300. The second-order valence-corrected chi connectivity index (χ2v) is 3.80. The first-order valence-corrected chi connectivity index (χ1v) is 5.22. The molecule has 0 aromatic carbocycles. The maximum absolute atomic E-state index is 11.7. The molecule has 0 saturated carbocycles. The van der Waals surface area contributed by atoms with Crippen molar-refractivity contribution >= 4 is 17.5 Å². The zero-order valence-corrected chi connectivity index (χ0v) is 10.3. The number of nitrogens with one attached hydrogen (secondary N) is 2. The van der Waals surface area contributed by atoms with E-state index in [2.05, 4.69) is 5.43 Å². The van der Waals surface area contributed by atoms with Crippen LogP contribution in [0.4, 0.5) is 5.69 Å².